The van der Waals surface area contributed by atoms with Crippen LogP contribution in [0, 0.1) is 10.1 Å². The van der Waals surface area contributed by atoms with E-state index >= 15 is 0 Å². The van der Waals surface area contributed by atoms with Gasteiger partial charge in [-0.2, -0.15) is 13.2 Å². The van der Waals surface area contributed by atoms with E-state index in [0.29, 0.717) is 0 Å². The fraction of sp³-hybridized carbons (Fsp3) is 0.500. The molecule has 8 heteroatoms. The molecule has 0 atom stereocenters. The van der Waals surface area contributed by atoms with Gasteiger partial charge in [-0.05, 0) is 25.5 Å². The Hall–Kier alpha value is -1.99. The number of hydrogen-bond donors (Lipinski definition) is 1. The molecule has 0 saturated heterocycles. The van der Waals surface area contributed by atoms with Crippen LogP contribution in [0.3, 0.4) is 0 Å². The van der Waals surface area contributed by atoms with Crippen molar-refractivity contribution in [2.75, 3.05) is 18.5 Å². The van der Waals surface area contributed by atoms with Crippen LogP contribution in [0.15, 0.2) is 18.2 Å². The van der Waals surface area contributed by atoms with Crippen molar-refractivity contribution in [2.45, 2.75) is 25.9 Å². The number of nitro groups is 1. The molecule has 20 heavy (non-hydrogen) atoms. The summed E-state index contributed by atoms with van der Waals surface area (Å²) in [5.41, 5.74) is -0.107. The van der Waals surface area contributed by atoms with E-state index in [4.69, 9.17) is 4.74 Å². The third-order valence-electron chi connectivity index (χ3n) is 2.43. The van der Waals surface area contributed by atoms with Crippen molar-refractivity contribution >= 4 is 11.4 Å². The molecular weight excluding hydrogens is 277 g/mol. The van der Waals surface area contributed by atoms with Crippen molar-refractivity contribution in [2.24, 2.45) is 0 Å². The standard InChI is InChI=1S/C12H15F3N2O3/c1-2-20-10-6-3-5-9(11(10)17(18)19)16-8-4-7-12(13,14)15/h3,5-6,16H,2,4,7-8H2,1H3. The molecule has 0 spiro atoms. The first-order valence-corrected chi connectivity index (χ1v) is 6.06. The third kappa shape index (κ3) is 4.94. The SMILES string of the molecule is CCOc1cccc(NCCCC(F)(F)F)c1[N+](=O)[O-]. The molecular formula is C12H15F3N2O3. The zero-order chi connectivity index (χ0) is 15.2. The highest BCUT2D eigenvalue weighted by Crippen LogP contribution is 2.34. The number of nitro benzene ring substituents is 1. The predicted octanol–water partition coefficient (Wildman–Crippen LogP) is 3.75. The van der Waals surface area contributed by atoms with Gasteiger partial charge in [0.25, 0.3) is 0 Å². The normalized spacial score (nSPS) is 11.2. The van der Waals surface area contributed by atoms with E-state index in [9.17, 15) is 23.3 Å². The first-order valence-electron chi connectivity index (χ1n) is 6.06. The Kier molecular flexibility index (Phi) is 5.60. The molecule has 1 aromatic rings. The van der Waals surface area contributed by atoms with Crippen LogP contribution >= 0.6 is 0 Å². The molecule has 1 N–H and O–H groups in total. The Morgan fingerprint density at radius 3 is 2.65 bits per heavy atom. The second kappa shape index (κ2) is 6.97. The summed E-state index contributed by atoms with van der Waals surface area (Å²) in [6.07, 6.45) is -5.31. The van der Waals surface area contributed by atoms with Crippen LogP contribution in [0.1, 0.15) is 19.8 Å². The van der Waals surface area contributed by atoms with E-state index in [1.807, 2.05) is 0 Å². The maximum atomic E-state index is 12.0. The van der Waals surface area contributed by atoms with Gasteiger partial charge in [-0.15, -0.1) is 0 Å². The van der Waals surface area contributed by atoms with Gasteiger partial charge in [0.2, 0.25) is 0 Å². The van der Waals surface area contributed by atoms with Crippen molar-refractivity contribution < 1.29 is 22.8 Å². The summed E-state index contributed by atoms with van der Waals surface area (Å²) in [4.78, 5) is 10.4. The lowest BCUT2D eigenvalue weighted by Crippen LogP contribution is -2.11. The fourth-order valence-corrected chi connectivity index (χ4v) is 1.64. The van der Waals surface area contributed by atoms with Gasteiger partial charge in [0.05, 0.1) is 11.5 Å². The van der Waals surface area contributed by atoms with Crippen LogP contribution in [0.4, 0.5) is 24.5 Å². The Morgan fingerprint density at radius 1 is 1.40 bits per heavy atom. The fourth-order valence-electron chi connectivity index (χ4n) is 1.64. The van der Waals surface area contributed by atoms with Crippen molar-refractivity contribution in [1.82, 2.24) is 0 Å². The lowest BCUT2D eigenvalue weighted by atomic mass is 10.2. The minimum atomic E-state index is -4.22. The molecule has 5 nitrogen and oxygen atoms in total. The van der Waals surface area contributed by atoms with Crippen molar-refractivity contribution in [3.63, 3.8) is 0 Å². The maximum absolute atomic E-state index is 12.0. The molecule has 0 heterocycles. The lowest BCUT2D eigenvalue weighted by molar-refractivity contribution is -0.384. The molecule has 0 aliphatic heterocycles. The first kappa shape index (κ1) is 16.1. The number of para-hydroxylation sites is 1. The van der Waals surface area contributed by atoms with Crippen LogP contribution < -0.4 is 10.1 Å². The first-order chi connectivity index (χ1) is 9.35. The molecule has 112 valence electrons. The van der Waals surface area contributed by atoms with Gasteiger partial charge in [0.15, 0.2) is 5.75 Å². The monoisotopic (exact) mass is 292 g/mol. The van der Waals surface area contributed by atoms with E-state index in [1.165, 1.54) is 12.1 Å². The number of ether oxygens (including phenoxy) is 1. The molecule has 0 unspecified atom stereocenters. The second-order valence-corrected chi connectivity index (χ2v) is 3.99. The second-order valence-electron chi connectivity index (χ2n) is 3.99. The van der Waals surface area contributed by atoms with Crippen molar-refractivity contribution in [3.05, 3.63) is 28.3 Å². The molecule has 1 aromatic carbocycles. The zero-order valence-corrected chi connectivity index (χ0v) is 10.9. The molecule has 0 fully saturated rings. The lowest BCUT2D eigenvalue weighted by Gasteiger charge is -2.11. The van der Waals surface area contributed by atoms with E-state index in [0.717, 1.165) is 0 Å². The summed E-state index contributed by atoms with van der Waals surface area (Å²) in [5, 5.41) is 13.7. The summed E-state index contributed by atoms with van der Waals surface area (Å²) in [6.45, 7) is 1.95. The van der Waals surface area contributed by atoms with Crippen LogP contribution in [0.25, 0.3) is 0 Å². The van der Waals surface area contributed by atoms with Crippen molar-refractivity contribution in [1.29, 1.82) is 0 Å². The molecule has 0 bridgehead atoms. The van der Waals surface area contributed by atoms with E-state index in [2.05, 4.69) is 5.32 Å². The summed E-state index contributed by atoms with van der Waals surface area (Å²) >= 11 is 0. The van der Waals surface area contributed by atoms with Gasteiger partial charge >= 0.3 is 11.9 Å². The van der Waals surface area contributed by atoms with Gasteiger partial charge in [0, 0.05) is 13.0 Å². The quantitative estimate of drug-likeness (QED) is 0.472. The van der Waals surface area contributed by atoms with Crippen LogP contribution in [0.2, 0.25) is 0 Å². The number of rotatable bonds is 7. The van der Waals surface area contributed by atoms with Gasteiger partial charge in [0.1, 0.15) is 5.69 Å². The van der Waals surface area contributed by atoms with E-state index in [-0.39, 0.29) is 36.7 Å². The topological polar surface area (TPSA) is 64.4 Å². The van der Waals surface area contributed by atoms with Crippen LogP contribution in [-0.2, 0) is 0 Å². The van der Waals surface area contributed by atoms with Gasteiger partial charge in [-0.3, -0.25) is 10.1 Å². The molecule has 0 aromatic heterocycles. The summed E-state index contributed by atoms with van der Waals surface area (Å²) in [7, 11) is 0. The zero-order valence-electron chi connectivity index (χ0n) is 10.9. The summed E-state index contributed by atoms with van der Waals surface area (Å²) in [5.74, 6) is 0.0957. The number of hydrogen-bond acceptors (Lipinski definition) is 4. The highest BCUT2D eigenvalue weighted by molar-refractivity contribution is 5.68. The number of alkyl halides is 3. The number of anilines is 1. The molecule has 0 aliphatic rings. The predicted molar refractivity (Wildman–Crippen MR) is 68.0 cm³/mol. The molecule has 0 radical (unpaired) electrons. The molecule has 0 amide bonds. The highest BCUT2D eigenvalue weighted by Gasteiger charge is 2.26. The van der Waals surface area contributed by atoms with Crippen LogP contribution in [0.5, 0.6) is 5.75 Å². The third-order valence-corrected chi connectivity index (χ3v) is 2.43. The van der Waals surface area contributed by atoms with Crippen LogP contribution in [-0.4, -0.2) is 24.3 Å². The van der Waals surface area contributed by atoms with Crippen molar-refractivity contribution in [3.8, 4) is 5.75 Å². The summed E-state index contributed by atoms with van der Waals surface area (Å²) < 4.78 is 41.1. The number of halogens is 3. The Morgan fingerprint density at radius 2 is 2.10 bits per heavy atom. The smallest absolute Gasteiger partial charge is 0.389 e. The number of benzene rings is 1. The van der Waals surface area contributed by atoms with E-state index in [1.54, 1.807) is 13.0 Å². The average Bonchev–Trinajstić information content (AvgIpc) is 2.33. The Balaban J connectivity index is 2.74. The number of nitrogens with zero attached hydrogens (tertiary/aromatic N) is 1. The largest absolute Gasteiger partial charge is 0.487 e. The average molecular weight is 292 g/mol. The Bertz CT molecular complexity index is 464. The molecule has 1 rings (SSSR count). The van der Waals surface area contributed by atoms with Gasteiger partial charge in [-0.1, -0.05) is 6.07 Å². The summed E-state index contributed by atoms with van der Waals surface area (Å²) in [6, 6.07) is 4.43. The van der Waals surface area contributed by atoms with Gasteiger partial charge in [-0.25, -0.2) is 0 Å². The number of nitrogens with one attached hydrogen (secondary N) is 1. The minimum absolute atomic E-state index is 0.00404. The van der Waals surface area contributed by atoms with Gasteiger partial charge < -0.3 is 10.1 Å². The molecule has 0 saturated carbocycles. The highest BCUT2D eigenvalue weighted by atomic mass is 19.4. The minimum Gasteiger partial charge on any atom is -0.487 e. The maximum Gasteiger partial charge on any atom is 0.389 e. The Labute approximate surface area is 113 Å². The van der Waals surface area contributed by atoms with E-state index < -0.39 is 17.5 Å². The molecule has 0 aliphatic carbocycles.